The first kappa shape index (κ1) is 16.2. The van der Waals surface area contributed by atoms with E-state index in [1.165, 1.54) is 0 Å². The largest absolute Gasteiger partial charge is 0.368 e. The topological polar surface area (TPSA) is 78.4 Å². The maximum Gasteiger partial charge on any atom is 0.272 e. The highest BCUT2D eigenvalue weighted by Crippen LogP contribution is 2.12. The van der Waals surface area contributed by atoms with Crippen LogP contribution in [0.5, 0.6) is 0 Å². The van der Waals surface area contributed by atoms with Crippen molar-refractivity contribution < 1.29 is 9.59 Å². The molecule has 1 aromatic heterocycles. The van der Waals surface area contributed by atoms with Crippen molar-refractivity contribution in [1.82, 2.24) is 19.8 Å². The zero-order valence-corrected chi connectivity index (χ0v) is 13.6. The highest BCUT2D eigenvalue weighted by molar-refractivity contribution is 5.93. The SMILES string of the molecule is CC(=O)N1CCN(C(=O)c2cc(NC(C)C)nc(C)n2)CC1. The average molecular weight is 305 g/mol. The van der Waals surface area contributed by atoms with Gasteiger partial charge in [0, 0.05) is 45.2 Å². The summed E-state index contributed by atoms with van der Waals surface area (Å²) < 4.78 is 0. The number of carbonyl (C=O) groups excluding carboxylic acids is 2. The fourth-order valence-corrected chi connectivity index (χ4v) is 2.43. The molecular weight excluding hydrogens is 282 g/mol. The van der Waals surface area contributed by atoms with E-state index in [2.05, 4.69) is 15.3 Å². The van der Waals surface area contributed by atoms with E-state index < -0.39 is 0 Å². The van der Waals surface area contributed by atoms with E-state index in [4.69, 9.17) is 0 Å². The predicted octanol–water partition coefficient (Wildman–Crippen LogP) is 0.910. The predicted molar refractivity (Wildman–Crippen MR) is 83.7 cm³/mol. The van der Waals surface area contributed by atoms with Gasteiger partial charge in [-0.25, -0.2) is 9.97 Å². The molecule has 2 heterocycles. The van der Waals surface area contributed by atoms with E-state index in [0.717, 1.165) is 0 Å². The van der Waals surface area contributed by atoms with Gasteiger partial charge in [-0.2, -0.15) is 0 Å². The quantitative estimate of drug-likeness (QED) is 0.898. The Hall–Kier alpha value is -2.18. The summed E-state index contributed by atoms with van der Waals surface area (Å²) in [5.74, 6) is 1.17. The molecule has 0 spiro atoms. The molecule has 2 rings (SSSR count). The minimum atomic E-state index is -0.111. The summed E-state index contributed by atoms with van der Waals surface area (Å²) in [5.41, 5.74) is 0.395. The molecule has 120 valence electrons. The summed E-state index contributed by atoms with van der Waals surface area (Å²) in [6, 6.07) is 1.92. The van der Waals surface area contributed by atoms with Crippen LogP contribution >= 0.6 is 0 Å². The van der Waals surface area contributed by atoms with Gasteiger partial charge in [0.05, 0.1) is 0 Å². The van der Waals surface area contributed by atoms with Crippen molar-refractivity contribution in [3.63, 3.8) is 0 Å². The summed E-state index contributed by atoms with van der Waals surface area (Å²) in [4.78, 5) is 35.9. The highest BCUT2D eigenvalue weighted by Gasteiger charge is 2.24. The van der Waals surface area contributed by atoms with Crippen LogP contribution in [-0.4, -0.2) is 63.8 Å². The first-order valence-electron chi connectivity index (χ1n) is 7.54. The van der Waals surface area contributed by atoms with Crippen molar-refractivity contribution in [1.29, 1.82) is 0 Å². The number of aromatic nitrogens is 2. The number of hydrogen-bond acceptors (Lipinski definition) is 5. The monoisotopic (exact) mass is 305 g/mol. The highest BCUT2D eigenvalue weighted by atomic mass is 16.2. The second-order valence-electron chi connectivity index (χ2n) is 5.78. The molecule has 0 aliphatic carbocycles. The van der Waals surface area contributed by atoms with Gasteiger partial charge in [0.1, 0.15) is 17.3 Å². The second-order valence-corrected chi connectivity index (χ2v) is 5.78. The number of carbonyl (C=O) groups is 2. The molecule has 1 saturated heterocycles. The molecule has 1 aliphatic rings. The van der Waals surface area contributed by atoms with E-state index in [9.17, 15) is 9.59 Å². The molecule has 1 aliphatic heterocycles. The van der Waals surface area contributed by atoms with Crippen molar-refractivity contribution in [2.75, 3.05) is 31.5 Å². The van der Waals surface area contributed by atoms with Gasteiger partial charge in [-0.3, -0.25) is 9.59 Å². The molecule has 7 heteroatoms. The van der Waals surface area contributed by atoms with Crippen LogP contribution in [0.3, 0.4) is 0 Å². The third-order valence-corrected chi connectivity index (χ3v) is 3.51. The molecule has 0 bridgehead atoms. The fraction of sp³-hybridized carbons (Fsp3) is 0.600. The Morgan fingerprint density at radius 2 is 1.73 bits per heavy atom. The van der Waals surface area contributed by atoms with Gasteiger partial charge >= 0.3 is 0 Å². The van der Waals surface area contributed by atoms with E-state index in [1.807, 2.05) is 13.8 Å². The van der Waals surface area contributed by atoms with Crippen molar-refractivity contribution in [3.8, 4) is 0 Å². The summed E-state index contributed by atoms with van der Waals surface area (Å²) in [6.07, 6.45) is 0. The summed E-state index contributed by atoms with van der Waals surface area (Å²) in [6.45, 7) is 9.57. The normalized spacial score (nSPS) is 15.1. The summed E-state index contributed by atoms with van der Waals surface area (Å²) in [5, 5.41) is 3.19. The smallest absolute Gasteiger partial charge is 0.272 e. The molecule has 0 unspecified atom stereocenters. The van der Waals surface area contributed by atoms with E-state index >= 15 is 0 Å². The lowest BCUT2D eigenvalue weighted by Gasteiger charge is -2.34. The molecule has 7 nitrogen and oxygen atoms in total. The third kappa shape index (κ3) is 3.93. The van der Waals surface area contributed by atoms with Gasteiger partial charge in [-0.15, -0.1) is 0 Å². The summed E-state index contributed by atoms with van der Waals surface area (Å²) in [7, 11) is 0. The minimum Gasteiger partial charge on any atom is -0.368 e. The van der Waals surface area contributed by atoms with Crippen molar-refractivity contribution in [2.45, 2.75) is 33.7 Å². The number of nitrogens with one attached hydrogen (secondary N) is 1. The maximum absolute atomic E-state index is 12.6. The zero-order chi connectivity index (χ0) is 16.3. The van der Waals surface area contributed by atoms with Crippen LogP contribution in [-0.2, 0) is 4.79 Å². The average Bonchev–Trinajstić information content (AvgIpc) is 2.45. The molecular formula is C15H23N5O2. The van der Waals surface area contributed by atoms with Crippen LogP contribution < -0.4 is 5.32 Å². The van der Waals surface area contributed by atoms with E-state index in [1.54, 1.807) is 29.7 Å². The molecule has 1 aromatic rings. The van der Waals surface area contributed by atoms with Crippen molar-refractivity contribution >= 4 is 17.6 Å². The van der Waals surface area contributed by atoms with Crippen molar-refractivity contribution in [3.05, 3.63) is 17.6 Å². The number of aryl methyl sites for hydroxylation is 1. The maximum atomic E-state index is 12.6. The van der Waals surface area contributed by atoms with E-state index in [-0.39, 0.29) is 17.9 Å². The van der Waals surface area contributed by atoms with Crippen LogP contribution in [0.1, 0.15) is 37.1 Å². The lowest BCUT2D eigenvalue weighted by atomic mass is 10.2. The van der Waals surface area contributed by atoms with Gasteiger partial charge in [0.15, 0.2) is 0 Å². The number of nitrogens with zero attached hydrogens (tertiary/aromatic N) is 4. The molecule has 1 fully saturated rings. The molecule has 1 N–H and O–H groups in total. The summed E-state index contributed by atoms with van der Waals surface area (Å²) >= 11 is 0. The molecule has 0 atom stereocenters. The van der Waals surface area contributed by atoms with Gasteiger partial charge < -0.3 is 15.1 Å². The number of anilines is 1. The number of hydrogen-bond donors (Lipinski definition) is 1. The first-order chi connectivity index (χ1) is 10.4. The minimum absolute atomic E-state index is 0.0494. The molecule has 0 aromatic carbocycles. The lowest BCUT2D eigenvalue weighted by Crippen LogP contribution is -2.50. The van der Waals surface area contributed by atoms with Crippen LogP contribution in [0.4, 0.5) is 5.82 Å². The Bertz CT molecular complexity index is 565. The van der Waals surface area contributed by atoms with E-state index in [0.29, 0.717) is 43.5 Å². The number of piperazine rings is 1. The molecule has 2 amide bonds. The van der Waals surface area contributed by atoms with Gasteiger partial charge in [0.25, 0.3) is 5.91 Å². The number of amides is 2. The standard InChI is InChI=1S/C15H23N5O2/c1-10(2)16-14-9-13(17-11(3)18-14)15(22)20-7-5-19(6-8-20)12(4)21/h9-10H,5-8H2,1-4H3,(H,16,17,18). The Kier molecular flexibility index (Phi) is 4.95. The van der Waals surface area contributed by atoms with Gasteiger partial charge in [0.2, 0.25) is 5.91 Å². The molecule has 0 saturated carbocycles. The Labute approximate surface area is 130 Å². The van der Waals surface area contributed by atoms with Crippen LogP contribution in [0.25, 0.3) is 0 Å². The molecule has 22 heavy (non-hydrogen) atoms. The van der Waals surface area contributed by atoms with Crippen molar-refractivity contribution in [2.24, 2.45) is 0 Å². The number of rotatable bonds is 3. The van der Waals surface area contributed by atoms with Gasteiger partial charge in [-0.1, -0.05) is 0 Å². The van der Waals surface area contributed by atoms with Crippen LogP contribution in [0.2, 0.25) is 0 Å². The molecule has 0 radical (unpaired) electrons. The van der Waals surface area contributed by atoms with Crippen LogP contribution in [0.15, 0.2) is 6.07 Å². The Balaban J connectivity index is 2.09. The third-order valence-electron chi connectivity index (χ3n) is 3.51. The Morgan fingerprint density at radius 3 is 2.27 bits per heavy atom. The van der Waals surface area contributed by atoms with Crippen LogP contribution in [0, 0.1) is 6.92 Å². The van der Waals surface area contributed by atoms with Gasteiger partial charge in [-0.05, 0) is 20.8 Å². The Morgan fingerprint density at radius 1 is 1.14 bits per heavy atom. The fourth-order valence-electron chi connectivity index (χ4n) is 2.43. The zero-order valence-electron chi connectivity index (χ0n) is 13.6. The second kappa shape index (κ2) is 6.72. The lowest BCUT2D eigenvalue weighted by molar-refractivity contribution is -0.130. The first-order valence-corrected chi connectivity index (χ1v) is 7.54.